The van der Waals surface area contributed by atoms with Crippen LogP contribution in [0.4, 0.5) is 4.79 Å². The molecule has 1 aliphatic carbocycles. The SMILES string of the molecule is CNC(=O)CNC(=O)CN1C[C@]2(CC[C@](c3ccccc3)(N(C)C)CC2)N(CCCOC)C1=O. The summed E-state index contributed by atoms with van der Waals surface area (Å²) in [7, 11) is 7.44. The molecule has 9 nitrogen and oxygen atoms in total. The van der Waals surface area contributed by atoms with E-state index in [0.717, 1.165) is 32.1 Å². The van der Waals surface area contributed by atoms with Gasteiger partial charge in [0.05, 0.1) is 12.1 Å². The van der Waals surface area contributed by atoms with Gasteiger partial charge in [0.25, 0.3) is 0 Å². The van der Waals surface area contributed by atoms with E-state index in [0.29, 0.717) is 19.7 Å². The fourth-order valence-electron chi connectivity index (χ4n) is 5.50. The van der Waals surface area contributed by atoms with Crippen LogP contribution in [0, 0.1) is 0 Å². The molecule has 1 saturated carbocycles. The van der Waals surface area contributed by atoms with Gasteiger partial charge < -0.3 is 25.2 Å². The van der Waals surface area contributed by atoms with Crippen LogP contribution in [0.3, 0.4) is 0 Å². The van der Waals surface area contributed by atoms with Crippen LogP contribution in [0.2, 0.25) is 0 Å². The van der Waals surface area contributed by atoms with Gasteiger partial charge in [-0.1, -0.05) is 30.3 Å². The number of ether oxygens (including phenoxy) is 1. The summed E-state index contributed by atoms with van der Waals surface area (Å²) in [6.07, 6.45) is 4.31. The zero-order valence-corrected chi connectivity index (χ0v) is 20.9. The minimum absolute atomic E-state index is 0.0458. The van der Waals surface area contributed by atoms with Crippen LogP contribution in [0.25, 0.3) is 0 Å². The van der Waals surface area contributed by atoms with Gasteiger partial charge >= 0.3 is 6.03 Å². The van der Waals surface area contributed by atoms with Gasteiger partial charge in [-0.05, 0) is 51.8 Å². The van der Waals surface area contributed by atoms with E-state index in [-0.39, 0.29) is 42.0 Å². The number of amides is 4. The van der Waals surface area contributed by atoms with Crippen LogP contribution in [0.15, 0.2) is 30.3 Å². The molecule has 4 amide bonds. The molecule has 34 heavy (non-hydrogen) atoms. The van der Waals surface area contributed by atoms with Crippen molar-refractivity contribution in [2.45, 2.75) is 43.2 Å². The molecule has 1 saturated heterocycles. The Hall–Kier alpha value is -2.65. The molecule has 0 aromatic heterocycles. The van der Waals surface area contributed by atoms with Crippen molar-refractivity contribution in [1.82, 2.24) is 25.3 Å². The smallest absolute Gasteiger partial charge is 0.321 e. The Kier molecular flexibility index (Phi) is 8.54. The Morgan fingerprint density at radius 2 is 1.76 bits per heavy atom. The summed E-state index contributed by atoms with van der Waals surface area (Å²) in [5.74, 6) is -0.597. The lowest BCUT2D eigenvalue weighted by molar-refractivity contribution is -0.126. The molecule has 2 fully saturated rings. The third-order valence-corrected chi connectivity index (χ3v) is 7.52. The number of carbonyl (C=O) groups is 3. The van der Waals surface area contributed by atoms with Crippen LogP contribution < -0.4 is 10.6 Å². The average Bonchev–Trinajstić information content (AvgIpc) is 3.09. The molecule has 0 atom stereocenters. The minimum atomic E-state index is -0.325. The molecule has 2 N–H and O–H groups in total. The van der Waals surface area contributed by atoms with Gasteiger partial charge in [-0.25, -0.2) is 4.79 Å². The van der Waals surface area contributed by atoms with Crippen LogP contribution in [0.5, 0.6) is 0 Å². The highest BCUT2D eigenvalue weighted by molar-refractivity contribution is 5.88. The van der Waals surface area contributed by atoms with E-state index in [9.17, 15) is 14.4 Å². The Morgan fingerprint density at radius 3 is 2.35 bits per heavy atom. The Balaban J connectivity index is 1.77. The summed E-state index contributed by atoms with van der Waals surface area (Å²) < 4.78 is 5.23. The molecule has 1 aromatic rings. The van der Waals surface area contributed by atoms with Crippen molar-refractivity contribution in [1.29, 1.82) is 0 Å². The number of likely N-dealkylation sites (N-methyl/N-ethyl adjacent to an activating group) is 1. The highest BCUT2D eigenvalue weighted by atomic mass is 16.5. The fraction of sp³-hybridized carbons (Fsp3) is 0.640. The largest absolute Gasteiger partial charge is 0.385 e. The van der Waals surface area contributed by atoms with E-state index in [1.807, 2.05) is 11.0 Å². The molecular formula is C25H39N5O4. The maximum atomic E-state index is 13.4. The van der Waals surface area contributed by atoms with E-state index >= 15 is 0 Å². The van der Waals surface area contributed by atoms with E-state index in [4.69, 9.17) is 4.74 Å². The van der Waals surface area contributed by atoms with Crippen LogP contribution in [0.1, 0.15) is 37.7 Å². The normalized spacial score (nSPS) is 24.7. The molecule has 9 heteroatoms. The number of methoxy groups -OCH3 is 1. The molecule has 3 rings (SSSR count). The summed E-state index contributed by atoms with van der Waals surface area (Å²) in [5, 5.41) is 5.08. The van der Waals surface area contributed by atoms with Gasteiger partial charge in [-0.3, -0.25) is 14.5 Å². The number of urea groups is 1. The molecule has 1 aromatic carbocycles. The monoisotopic (exact) mass is 473 g/mol. The predicted molar refractivity (Wildman–Crippen MR) is 130 cm³/mol. The molecule has 1 heterocycles. The Bertz CT molecular complexity index is 852. The lowest BCUT2D eigenvalue weighted by atomic mass is 9.68. The number of carbonyl (C=O) groups excluding carboxylic acids is 3. The Morgan fingerprint density at radius 1 is 1.09 bits per heavy atom. The second-order valence-electron chi connectivity index (χ2n) is 9.60. The van der Waals surface area contributed by atoms with Gasteiger partial charge in [0.2, 0.25) is 11.8 Å². The standard InChI is InChI=1S/C25H39N5O4/c1-26-21(31)17-27-22(32)18-29-19-24(30(23(29)33)15-8-16-34-4)11-13-25(14-12-24,28(2)3)20-9-6-5-7-10-20/h5-7,9-10H,8,11-19H2,1-4H3,(H,26,31)(H,27,32)/t24-,25+. The molecule has 0 bridgehead atoms. The van der Waals surface area contributed by atoms with Crippen LogP contribution in [-0.4, -0.2) is 99.1 Å². The predicted octanol–water partition coefficient (Wildman–Crippen LogP) is 1.39. The fourth-order valence-corrected chi connectivity index (χ4v) is 5.50. The molecule has 188 valence electrons. The third kappa shape index (κ3) is 5.36. The van der Waals surface area contributed by atoms with E-state index < -0.39 is 0 Å². The van der Waals surface area contributed by atoms with Crippen LogP contribution in [-0.2, 0) is 19.9 Å². The number of hydrogen-bond acceptors (Lipinski definition) is 5. The van der Waals surface area contributed by atoms with Crippen molar-refractivity contribution in [3.63, 3.8) is 0 Å². The second-order valence-corrected chi connectivity index (χ2v) is 9.60. The lowest BCUT2D eigenvalue weighted by Crippen LogP contribution is -2.55. The molecule has 0 radical (unpaired) electrons. The maximum Gasteiger partial charge on any atom is 0.321 e. The van der Waals surface area contributed by atoms with Gasteiger partial charge in [0, 0.05) is 39.4 Å². The zero-order chi connectivity index (χ0) is 24.8. The lowest BCUT2D eigenvalue weighted by Gasteiger charge is -2.51. The van der Waals surface area contributed by atoms with Crippen molar-refractivity contribution >= 4 is 17.8 Å². The van der Waals surface area contributed by atoms with Crippen molar-refractivity contribution in [2.24, 2.45) is 0 Å². The maximum absolute atomic E-state index is 13.4. The topological polar surface area (TPSA) is 94.2 Å². The first-order valence-corrected chi connectivity index (χ1v) is 12.0. The summed E-state index contributed by atoms with van der Waals surface area (Å²) in [6, 6.07) is 10.5. The van der Waals surface area contributed by atoms with E-state index in [1.54, 1.807) is 12.0 Å². The van der Waals surface area contributed by atoms with E-state index in [1.165, 1.54) is 12.6 Å². The van der Waals surface area contributed by atoms with Crippen molar-refractivity contribution in [3.8, 4) is 0 Å². The average molecular weight is 474 g/mol. The van der Waals surface area contributed by atoms with Gasteiger partial charge in [0.1, 0.15) is 6.54 Å². The summed E-state index contributed by atoms with van der Waals surface area (Å²) in [4.78, 5) is 43.2. The first-order chi connectivity index (χ1) is 16.3. The number of hydrogen-bond donors (Lipinski definition) is 2. The number of nitrogens with one attached hydrogen (secondary N) is 2. The van der Waals surface area contributed by atoms with Crippen molar-refractivity contribution in [3.05, 3.63) is 35.9 Å². The molecule has 1 aliphatic heterocycles. The summed E-state index contributed by atoms with van der Waals surface area (Å²) >= 11 is 0. The van der Waals surface area contributed by atoms with E-state index in [2.05, 4.69) is 53.9 Å². The summed E-state index contributed by atoms with van der Waals surface area (Å²) in [6.45, 7) is 1.56. The highest BCUT2D eigenvalue weighted by Crippen LogP contribution is 2.48. The van der Waals surface area contributed by atoms with Crippen molar-refractivity contribution < 1.29 is 19.1 Å². The minimum Gasteiger partial charge on any atom is -0.385 e. The quantitative estimate of drug-likeness (QED) is 0.501. The number of benzene rings is 1. The van der Waals surface area contributed by atoms with Crippen molar-refractivity contribution in [2.75, 3.05) is 61.0 Å². The summed E-state index contributed by atoms with van der Waals surface area (Å²) in [5.41, 5.74) is 0.919. The second kappa shape index (κ2) is 11.2. The first-order valence-electron chi connectivity index (χ1n) is 12.0. The highest BCUT2D eigenvalue weighted by Gasteiger charge is 2.54. The van der Waals surface area contributed by atoms with Gasteiger partial charge in [-0.15, -0.1) is 0 Å². The zero-order valence-electron chi connectivity index (χ0n) is 20.9. The molecule has 0 unspecified atom stereocenters. The van der Waals surface area contributed by atoms with Crippen LogP contribution >= 0.6 is 0 Å². The van der Waals surface area contributed by atoms with Gasteiger partial charge in [0.15, 0.2) is 0 Å². The molecular weight excluding hydrogens is 434 g/mol. The molecule has 2 aliphatic rings. The molecule has 1 spiro atoms. The number of nitrogens with zero attached hydrogens (tertiary/aromatic N) is 3. The Labute approximate surface area is 202 Å². The third-order valence-electron chi connectivity index (χ3n) is 7.52. The number of rotatable bonds is 10. The van der Waals surface area contributed by atoms with Gasteiger partial charge in [-0.2, -0.15) is 0 Å². The first kappa shape index (κ1) is 26.0.